The summed E-state index contributed by atoms with van der Waals surface area (Å²) < 4.78 is 0. The van der Waals surface area contributed by atoms with Crippen LogP contribution in [0.4, 0.5) is 5.69 Å². The molecule has 20 heavy (non-hydrogen) atoms. The van der Waals surface area contributed by atoms with Gasteiger partial charge in [0.2, 0.25) is 0 Å². The smallest absolute Gasteiger partial charge is 0.265 e. The summed E-state index contributed by atoms with van der Waals surface area (Å²) in [5.74, 6) is -0.0449. The lowest BCUT2D eigenvalue weighted by molar-refractivity contribution is 0.103. The second-order valence-corrected chi connectivity index (χ2v) is 5.54. The van der Waals surface area contributed by atoms with Gasteiger partial charge in [-0.3, -0.25) is 9.69 Å². The minimum absolute atomic E-state index is 0.0449. The zero-order valence-corrected chi connectivity index (χ0v) is 12.7. The minimum atomic E-state index is -0.0449. The van der Waals surface area contributed by atoms with Gasteiger partial charge in [0.05, 0.1) is 4.88 Å². The third-order valence-corrected chi connectivity index (χ3v) is 4.13. The molecule has 3 nitrogen and oxygen atoms in total. The average Bonchev–Trinajstić information content (AvgIpc) is 3.01. The van der Waals surface area contributed by atoms with E-state index in [2.05, 4.69) is 36.2 Å². The van der Waals surface area contributed by atoms with Crippen LogP contribution in [0.25, 0.3) is 0 Å². The van der Waals surface area contributed by atoms with E-state index in [-0.39, 0.29) is 5.91 Å². The molecule has 0 saturated heterocycles. The Hall–Kier alpha value is -1.65. The first-order valence-corrected chi connectivity index (χ1v) is 7.77. The van der Waals surface area contributed by atoms with Gasteiger partial charge in [0.25, 0.3) is 5.91 Å². The Morgan fingerprint density at radius 3 is 2.40 bits per heavy atom. The number of thiophene rings is 1. The summed E-state index contributed by atoms with van der Waals surface area (Å²) in [5, 5.41) is 4.82. The van der Waals surface area contributed by atoms with Crippen LogP contribution >= 0.6 is 11.3 Å². The molecule has 4 heteroatoms. The van der Waals surface area contributed by atoms with Crippen molar-refractivity contribution >= 4 is 22.9 Å². The van der Waals surface area contributed by atoms with Crippen molar-refractivity contribution in [3.63, 3.8) is 0 Å². The van der Waals surface area contributed by atoms with Crippen molar-refractivity contribution < 1.29 is 4.79 Å². The summed E-state index contributed by atoms with van der Waals surface area (Å²) in [6.45, 7) is 7.38. The van der Waals surface area contributed by atoms with Gasteiger partial charge in [-0.05, 0) is 42.2 Å². The third-order valence-electron chi connectivity index (χ3n) is 3.26. The second-order valence-electron chi connectivity index (χ2n) is 4.59. The zero-order chi connectivity index (χ0) is 14.4. The molecule has 0 radical (unpaired) electrons. The number of carbonyl (C=O) groups excluding carboxylic acids is 1. The van der Waals surface area contributed by atoms with Crippen molar-refractivity contribution in [2.45, 2.75) is 20.4 Å². The standard InChI is InChI=1S/C16H20N2OS/c1-3-18(4-2)12-13-7-9-14(10-8-13)17-16(19)15-6-5-11-20-15/h5-11H,3-4,12H2,1-2H3,(H,17,19). The Morgan fingerprint density at radius 2 is 1.85 bits per heavy atom. The predicted octanol–water partition coefficient (Wildman–Crippen LogP) is 3.84. The molecule has 1 heterocycles. The number of benzene rings is 1. The van der Waals surface area contributed by atoms with Crippen LogP contribution in [0.3, 0.4) is 0 Å². The highest BCUT2D eigenvalue weighted by Gasteiger charge is 2.07. The summed E-state index contributed by atoms with van der Waals surface area (Å²) in [5.41, 5.74) is 2.11. The topological polar surface area (TPSA) is 32.3 Å². The van der Waals surface area contributed by atoms with E-state index in [1.165, 1.54) is 16.9 Å². The number of hydrogen-bond acceptors (Lipinski definition) is 3. The lowest BCUT2D eigenvalue weighted by atomic mass is 10.2. The number of hydrogen-bond donors (Lipinski definition) is 1. The van der Waals surface area contributed by atoms with Gasteiger partial charge >= 0.3 is 0 Å². The molecule has 1 N–H and O–H groups in total. The molecule has 0 unspecified atom stereocenters. The molecule has 1 amide bonds. The highest BCUT2D eigenvalue weighted by atomic mass is 32.1. The molecule has 1 aromatic heterocycles. The van der Waals surface area contributed by atoms with E-state index in [1.807, 2.05) is 29.6 Å². The molecule has 0 bridgehead atoms. The first-order chi connectivity index (χ1) is 9.72. The predicted molar refractivity (Wildman–Crippen MR) is 85.3 cm³/mol. The molecule has 0 spiro atoms. The number of rotatable bonds is 6. The minimum Gasteiger partial charge on any atom is -0.321 e. The van der Waals surface area contributed by atoms with Gasteiger partial charge in [-0.2, -0.15) is 0 Å². The van der Waals surface area contributed by atoms with Crippen LogP contribution < -0.4 is 5.32 Å². The Morgan fingerprint density at radius 1 is 1.15 bits per heavy atom. The van der Waals surface area contributed by atoms with Gasteiger partial charge in [-0.25, -0.2) is 0 Å². The van der Waals surface area contributed by atoms with Gasteiger partial charge in [0, 0.05) is 12.2 Å². The Kier molecular flexibility index (Phi) is 5.32. The van der Waals surface area contributed by atoms with Gasteiger partial charge in [-0.1, -0.05) is 32.0 Å². The largest absolute Gasteiger partial charge is 0.321 e. The molecule has 106 valence electrons. The van der Waals surface area contributed by atoms with Crippen molar-refractivity contribution in [1.29, 1.82) is 0 Å². The van der Waals surface area contributed by atoms with Crippen LogP contribution in [-0.2, 0) is 6.54 Å². The quantitative estimate of drug-likeness (QED) is 0.876. The maximum atomic E-state index is 11.9. The molecule has 0 aliphatic carbocycles. The normalized spacial score (nSPS) is 10.8. The first-order valence-electron chi connectivity index (χ1n) is 6.89. The van der Waals surface area contributed by atoms with E-state index in [1.54, 1.807) is 0 Å². The zero-order valence-electron chi connectivity index (χ0n) is 11.9. The first kappa shape index (κ1) is 14.8. The molecule has 0 aliphatic rings. The number of nitrogens with zero attached hydrogens (tertiary/aromatic N) is 1. The summed E-state index contributed by atoms with van der Waals surface area (Å²) >= 11 is 1.45. The highest BCUT2D eigenvalue weighted by Crippen LogP contribution is 2.15. The van der Waals surface area contributed by atoms with Gasteiger partial charge in [-0.15, -0.1) is 11.3 Å². The maximum Gasteiger partial charge on any atom is 0.265 e. The van der Waals surface area contributed by atoms with Crippen LogP contribution in [0.2, 0.25) is 0 Å². The number of anilines is 1. The fourth-order valence-corrected chi connectivity index (χ4v) is 2.62. The van der Waals surface area contributed by atoms with Crippen molar-refractivity contribution in [1.82, 2.24) is 4.90 Å². The van der Waals surface area contributed by atoms with E-state index >= 15 is 0 Å². The van der Waals surface area contributed by atoms with E-state index in [9.17, 15) is 4.79 Å². The molecule has 0 atom stereocenters. The molecule has 2 aromatic rings. The van der Waals surface area contributed by atoms with E-state index in [0.29, 0.717) is 0 Å². The average molecular weight is 288 g/mol. The number of nitrogens with one attached hydrogen (secondary N) is 1. The van der Waals surface area contributed by atoms with E-state index < -0.39 is 0 Å². The molecule has 1 aromatic carbocycles. The van der Waals surface area contributed by atoms with Gasteiger partial charge < -0.3 is 5.32 Å². The van der Waals surface area contributed by atoms with Crippen molar-refractivity contribution in [3.05, 3.63) is 52.2 Å². The van der Waals surface area contributed by atoms with E-state index in [0.717, 1.165) is 30.2 Å². The van der Waals surface area contributed by atoms with Crippen molar-refractivity contribution in [2.75, 3.05) is 18.4 Å². The second kappa shape index (κ2) is 7.22. The lowest BCUT2D eigenvalue weighted by Crippen LogP contribution is -2.22. The Balaban J connectivity index is 1.96. The highest BCUT2D eigenvalue weighted by molar-refractivity contribution is 7.12. The van der Waals surface area contributed by atoms with Crippen LogP contribution in [-0.4, -0.2) is 23.9 Å². The molecule has 0 aliphatic heterocycles. The Labute approximate surface area is 124 Å². The van der Waals surface area contributed by atoms with Crippen LogP contribution in [0.15, 0.2) is 41.8 Å². The van der Waals surface area contributed by atoms with Crippen molar-refractivity contribution in [3.8, 4) is 0 Å². The molecular weight excluding hydrogens is 268 g/mol. The van der Waals surface area contributed by atoms with Gasteiger partial charge in [0.15, 0.2) is 0 Å². The Bertz CT molecular complexity index is 530. The molecule has 0 fully saturated rings. The van der Waals surface area contributed by atoms with Crippen LogP contribution in [0, 0.1) is 0 Å². The summed E-state index contributed by atoms with van der Waals surface area (Å²) in [6, 6.07) is 11.8. The summed E-state index contributed by atoms with van der Waals surface area (Å²) in [6.07, 6.45) is 0. The number of amides is 1. The number of carbonyl (C=O) groups is 1. The van der Waals surface area contributed by atoms with E-state index in [4.69, 9.17) is 0 Å². The maximum absolute atomic E-state index is 11.9. The van der Waals surface area contributed by atoms with Crippen LogP contribution in [0.1, 0.15) is 29.1 Å². The fraction of sp³-hybridized carbons (Fsp3) is 0.312. The SMILES string of the molecule is CCN(CC)Cc1ccc(NC(=O)c2cccs2)cc1. The monoisotopic (exact) mass is 288 g/mol. The fourth-order valence-electron chi connectivity index (χ4n) is 2.00. The van der Waals surface area contributed by atoms with Crippen LogP contribution in [0.5, 0.6) is 0 Å². The summed E-state index contributed by atoms with van der Waals surface area (Å²) in [7, 11) is 0. The molecule has 2 rings (SSSR count). The van der Waals surface area contributed by atoms with Crippen molar-refractivity contribution in [2.24, 2.45) is 0 Å². The molecular formula is C16H20N2OS. The third kappa shape index (κ3) is 3.92. The van der Waals surface area contributed by atoms with Gasteiger partial charge in [0.1, 0.15) is 0 Å². The summed E-state index contributed by atoms with van der Waals surface area (Å²) in [4.78, 5) is 15.0. The lowest BCUT2D eigenvalue weighted by Gasteiger charge is -2.18. The molecule has 0 saturated carbocycles.